The fraction of sp³-hybridized carbons (Fsp3) is 0.316. The molecule has 0 N–H and O–H groups in total. The van der Waals surface area contributed by atoms with Crippen molar-refractivity contribution in [2.45, 2.75) is 25.3 Å². The van der Waals surface area contributed by atoms with Gasteiger partial charge in [0.2, 0.25) is 5.91 Å². The van der Waals surface area contributed by atoms with Crippen molar-refractivity contribution >= 4 is 17.7 Å². The Balaban J connectivity index is 1.78. The normalized spacial score (nSPS) is 17.6. The molecule has 1 saturated heterocycles. The van der Waals surface area contributed by atoms with Crippen LogP contribution in [0.15, 0.2) is 48.5 Å². The predicted molar refractivity (Wildman–Crippen MR) is 94.6 cm³/mol. The quantitative estimate of drug-likeness (QED) is 0.830. The Morgan fingerprint density at radius 3 is 2.35 bits per heavy atom. The topological polar surface area (TPSA) is 29.5 Å². The highest BCUT2D eigenvalue weighted by molar-refractivity contribution is 8.00. The van der Waals surface area contributed by atoms with Gasteiger partial charge in [-0.05, 0) is 35.2 Å². The van der Waals surface area contributed by atoms with Crippen LogP contribution in [0.4, 0.5) is 0 Å². The van der Waals surface area contributed by atoms with E-state index < -0.39 is 0 Å². The molecule has 0 aliphatic carbocycles. The summed E-state index contributed by atoms with van der Waals surface area (Å²) in [4.78, 5) is 14.3. The average Bonchev–Trinajstić information content (AvgIpc) is 2.96. The number of carbonyl (C=O) groups excluding carboxylic acids is 1. The highest BCUT2D eigenvalue weighted by atomic mass is 32.2. The second-order valence-electron chi connectivity index (χ2n) is 5.63. The molecule has 0 saturated carbocycles. The smallest absolute Gasteiger partial charge is 0.234 e. The highest BCUT2D eigenvalue weighted by Gasteiger charge is 2.32. The summed E-state index contributed by atoms with van der Waals surface area (Å²) in [6.45, 7) is 2.79. The van der Waals surface area contributed by atoms with E-state index in [1.165, 1.54) is 11.1 Å². The number of benzene rings is 2. The number of thioether (sulfide) groups is 1. The van der Waals surface area contributed by atoms with E-state index in [4.69, 9.17) is 4.74 Å². The van der Waals surface area contributed by atoms with Gasteiger partial charge in [0.25, 0.3) is 0 Å². The molecule has 1 aliphatic heterocycles. The Labute approximate surface area is 141 Å². The molecule has 0 radical (unpaired) electrons. The van der Waals surface area contributed by atoms with Gasteiger partial charge in [-0.1, -0.05) is 43.3 Å². The van der Waals surface area contributed by atoms with Crippen molar-refractivity contribution in [3.8, 4) is 5.75 Å². The largest absolute Gasteiger partial charge is 0.497 e. The molecule has 4 heteroatoms. The Bertz CT molecular complexity index is 667. The van der Waals surface area contributed by atoms with Gasteiger partial charge in [-0.2, -0.15) is 0 Å². The predicted octanol–water partition coefficient (Wildman–Crippen LogP) is 4.03. The van der Waals surface area contributed by atoms with Crippen LogP contribution in [0, 0.1) is 0 Å². The van der Waals surface area contributed by atoms with E-state index in [2.05, 4.69) is 31.2 Å². The van der Waals surface area contributed by atoms with Gasteiger partial charge in [0, 0.05) is 6.54 Å². The third-order valence-electron chi connectivity index (χ3n) is 4.15. The molecule has 0 spiro atoms. The van der Waals surface area contributed by atoms with Crippen molar-refractivity contribution in [1.29, 1.82) is 0 Å². The fourth-order valence-corrected chi connectivity index (χ4v) is 3.93. The molecule has 0 aromatic heterocycles. The van der Waals surface area contributed by atoms with E-state index >= 15 is 0 Å². The van der Waals surface area contributed by atoms with Crippen LogP contribution in [-0.4, -0.2) is 23.7 Å². The lowest BCUT2D eigenvalue weighted by molar-refractivity contribution is -0.128. The van der Waals surface area contributed by atoms with Crippen molar-refractivity contribution in [2.75, 3.05) is 12.9 Å². The third kappa shape index (κ3) is 3.53. The minimum Gasteiger partial charge on any atom is -0.497 e. The van der Waals surface area contributed by atoms with Gasteiger partial charge in [0.05, 0.1) is 12.9 Å². The van der Waals surface area contributed by atoms with E-state index in [0.717, 1.165) is 17.7 Å². The van der Waals surface area contributed by atoms with Crippen LogP contribution in [-0.2, 0) is 17.8 Å². The van der Waals surface area contributed by atoms with Gasteiger partial charge in [0.15, 0.2) is 0 Å². The first-order valence-electron chi connectivity index (χ1n) is 7.84. The zero-order valence-electron chi connectivity index (χ0n) is 13.5. The van der Waals surface area contributed by atoms with Crippen molar-refractivity contribution < 1.29 is 9.53 Å². The van der Waals surface area contributed by atoms with Crippen LogP contribution in [0.2, 0.25) is 0 Å². The lowest BCUT2D eigenvalue weighted by Crippen LogP contribution is -2.27. The molecule has 2 aromatic carbocycles. The zero-order valence-corrected chi connectivity index (χ0v) is 14.3. The zero-order chi connectivity index (χ0) is 16.2. The van der Waals surface area contributed by atoms with Crippen LogP contribution in [0.1, 0.15) is 29.0 Å². The number of hydrogen-bond acceptors (Lipinski definition) is 3. The first-order chi connectivity index (χ1) is 11.2. The average molecular weight is 327 g/mol. The fourth-order valence-electron chi connectivity index (χ4n) is 2.75. The first kappa shape index (κ1) is 15.9. The highest BCUT2D eigenvalue weighted by Crippen LogP contribution is 2.39. The molecule has 1 aliphatic rings. The number of carbonyl (C=O) groups is 1. The molecule has 1 amide bonds. The maximum Gasteiger partial charge on any atom is 0.234 e. The summed E-state index contributed by atoms with van der Waals surface area (Å²) in [5.74, 6) is 1.59. The molecule has 0 bridgehead atoms. The number of nitrogens with zero attached hydrogens (tertiary/aromatic N) is 1. The summed E-state index contributed by atoms with van der Waals surface area (Å²) in [7, 11) is 1.66. The summed E-state index contributed by atoms with van der Waals surface area (Å²) >= 11 is 1.70. The standard InChI is InChI=1S/C19H21NO2S/c1-3-14-4-8-16(9-5-14)19-20(18(21)13-23-19)12-15-6-10-17(22-2)11-7-15/h4-11,19H,3,12-13H2,1-2H3. The van der Waals surface area contributed by atoms with Gasteiger partial charge < -0.3 is 9.64 Å². The molecule has 120 valence electrons. The monoisotopic (exact) mass is 327 g/mol. The second kappa shape index (κ2) is 7.09. The number of methoxy groups -OCH3 is 1. The third-order valence-corrected chi connectivity index (χ3v) is 5.41. The van der Waals surface area contributed by atoms with Gasteiger partial charge in [-0.25, -0.2) is 0 Å². The van der Waals surface area contributed by atoms with Gasteiger partial charge in [0.1, 0.15) is 11.1 Å². The van der Waals surface area contributed by atoms with Crippen molar-refractivity contribution in [1.82, 2.24) is 4.90 Å². The summed E-state index contributed by atoms with van der Waals surface area (Å²) in [6.07, 6.45) is 1.03. The van der Waals surface area contributed by atoms with Crippen LogP contribution >= 0.6 is 11.8 Å². The van der Waals surface area contributed by atoms with Crippen LogP contribution in [0.5, 0.6) is 5.75 Å². The Morgan fingerprint density at radius 2 is 1.74 bits per heavy atom. The van der Waals surface area contributed by atoms with Crippen LogP contribution < -0.4 is 4.74 Å². The molecule has 1 heterocycles. The van der Waals surface area contributed by atoms with E-state index in [-0.39, 0.29) is 11.3 Å². The van der Waals surface area contributed by atoms with E-state index in [9.17, 15) is 4.79 Å². The number of aryl methyl sites for hydroxylation is 1. The molecule has 1 atom stereocenters. The molecule has 3 rings (SSSR count). The molecular formula is C19H21NO2S. The number of hydrogen-bond donors (Lipinski definition) is 0. The summed E-state index contributed by atoms with van der Waals surface area (Å²) in [5, 5.41) is 0.107. The van der Waals surface area contributed by atoms with Crippen molar-refractivity contribution in [3.63, 3.8) is 0 Å². The molecule has 1 fully saturated rings. The number of rotatable bonds is 5. The van der Waals surface area contributed by atoms with Gasteiger partial charge >= 0.3 is 0 Å². The van der Waals surface area contributed by atoms with Crippen molar-refractivity contribution in [3.05, 3.63) is 65.2 Å². The lowest BCUT2D eigenvalue weighted by Gasteiger charge is -2.24. The molecule has 2 aromatic rings. The number of amides is 1. The summed E-state index contributed by atoms with van der Waals surface area (Å²) < 4.78 is 5.19. The molecule has 23 heavy (non-hydrogen) atoms. The lowest BCUT2D eigenvalue weighted by atomic mass is 10.1. The number of ether oxygens (including phenoxy) is 1. The SMILES string of the molecule is CCc1ccc(C2SCC(=O)N2Cc2ccc(OC)cc2)cc1. The summed E-state index contributed by atoms with van der Waals surface area (Å²) in [6, 6.07) is 16.5. The maximum atomic E-state index is 12.3. The Morgan fingerprint density at radius 1 is 1.09 bits per heavy atom. The van der Waals surface area contributed by atoms with Crippen molar-refractivity contribution in [2.24, 2.45) is 0 Å². The van der Waals surface area contributed by atoms with Crippen LogP contribution in [0.3, 0.4) is 0 Å². The molecular weight excluding hydrogens is 306 g/mol. The van der Waals surface area contributed by atoms with Crippen LogP contribution in [0.25, 0.3) is 0 Å². The maximum absolute atomic E-state index is 12.3. The Hall–Kier alpha value is -1.94. The van der Waals surface area contributed by atoms with Gasteiger partial charge in [-0.3, -0.25) is 4.79 Å². The molecule has 1 unspecified atom stereocenters. The summed E-state index contributed by atoms with van der Waals surface area (Å²) in [5.41, 5.74) is 3.65. The van der Waals surface area contributed by atoms with E-state index in [0.29, 0.717) is 12.3 Å². The minimum absolute atomic E-state index is 0.107. The van der Waals surface area contributed by atoms with E-state index in [1.807, 2.05) is 29.2 Å². The Kier molecular flexibility index (Phi) is 4.91. The minimum atomic E-state index is 0.107. The van der Waals surface area contributed by atoms with E-state index in [1.54, 1.807) is 18.9 Å². The second-order valence-corrected chi connectivity index (χ2v) is 6.70. The first-order valence-corrected chi connectivity index (χ1v) is 8.89. The van der Waals surface area contributed by atoms with Gasteiger partial charge in [-0.15, -0.1) is 11.8 Å². The molecule has 3 nitrogen and oxygen atoms in total.